The third-order valence-corrected chi connectivity index (χ3v) is 14.1. The molecule has 5 aliphatic rings. The molecule has 0 heterocycles. The average molecular weight is 427 g/mol. The number of hydrogen-bond acceptors (Lipinski definition) is 0. The zero-order valence-electron chi connectivity index (χ0n) is 22.4. The summed E-state index contributed by atoms with van der Waals surface area (Å²) in [4.78, 5) is 0. The van der Waals surface area contributed by atoms with Crippen molar-refractivity contribution < 1.29 is 0 Å². The van der Waals surface area contributed by atoms with Gasteiger partial charge in [-0.05, 0) is 127 Å². The predicted molar refractivity (Wildman–Crippen MR) is 134 cm³/mol. The standard InChI is InChI=1S/C31H54/c1-9-21(2)22-13-18-28(5)23(22)14-19-30(7)25(28)11-12-26-29(6)17-10-16-27(3,4)24(29)15-20-31(26,30)8/h21-26H,9-20H2,1-8H3/t21-,22-,23+,24+,25-,26-,28+,29+,30-,31-/m1/s1. The molecule has 0 nitrogen and oxygen atoms in total. The zero-order valence-corrected chi connectivity index (χ0v) is 22.4. The maximum atomic E-state index is 2.82. The van der Waals surface area contributed by atoms with E-state index in [1.165, 1.54) is 70.6 Å². The van der Waals surface area contributed by atoms with Gasteiger partial charge in [0.2, 0.25) is 0 Å². The van der Waals surface area contributed by atoms with Crippen molar-refractivity contribution in [2.24, 2.45) is 62.6 Å². The van der Waals surface area contributed by atoms with Crippen LogP contribution in [0.15, 0.2) is 0 Å². The minimum atomic E-state index is 0.560. The molecule has 0 aliphatic heterocycles. The van der Waals surface area contributed by atoms with Crippen molar-refractivity contribution in [3.63, 3.8) is 0 Å². The Balaban J connectivity index is 1.50. The van der Waals surface area contributed by atoms with Gasteiger partial charge in [0.15, 0.2) is 0 Å². The Bertz CT molecular complexity index is 705. The SMILES string of the molecule is CC[C@@H](C)[C@H]1CC[C@]2(C)[C@H]3CC[C@@H]4[C@@]5(C)CCCC(C)(C)[C@@H]5CC[C@@]4(C)[C@]3(C)CC[C@@H]12. The highest BCUT2D eigenvalue weighted by Crippen LogP contribution is 2.78. The van der Waals surface area contributed by atoms with E-state index in [-0.39, 0.29) is 0 Å². The van der Waals surface area contributed by atoms with Crippen LogP contribution in [0.4, 0.5) is 0 Å². The smallest absolute Gasteiger partial charge is 0.0235 e. The molecule has 5 fully saturated rings. The molecule has 0 saturated heterocycles. The number of rotatable bonds is 2. The Hall–Kier alpha value is 0. The van der Waals surface area contributed by atoms with Gasteiger partial charge in [0.25, 0.3) is 0 Å². The van der Waals surface area contributed by atoms with Crippen molar-refractivity contribution in [2.45, 2.75) is 132 Å². The van der Waals surface area contributed by atoms with E-state index >= 15 is 0 Å². The molecule has 0 amide bonds. The minimum Gasteiger partial charge on any atom is -0.0651 e. The average Bonchev–Trinajstić information content (AvgIpc) is 3.04. The topological polar surface area (TPSA) is 0 Å². The summed E-state index contributed by atoms with van der Waals surface area (Å²) >= 11 is 0. The van der Waals surface area contributed by atoms with Gasteiger partial charge in [0.1, 0.15) is 0 Å². The molecule has 0 heteroatoms. The van der Waals surface area contributed by atoms with Gasteiger partial charge in [-0.2, -0.15) is 0 Å². The summed E-state index contributed by atoms with van der Waals surface area (Å²) in [5, 5.41) is 0. The van der Waals surface area contributed by atoms with Crippen LogP contribution in [-0.4, -0.2) is 0 Å². The van der Waals surface area contributed by atoms with E-state index in [1.54, 1.807) is 6.42 Å². The van der Waals surface area contributed by atoms with Crippen LogP contribution in [0, 0.1) is 62.6 Å². The van der Waals surface area contributed by atoms with Crippen molar-refractivity contribution in [1.29, 1.82) is 0 Å². The van der Waals surface area contributed by atoms with Crippen LogP contribution in [0.5, 0.6) is 0 Å². The quantitative estimate of drug-likeness (QED) is 0.412. The van der Waals surface area contributed by atoms with Crippen LogP contribution in [0.2, 0.25) is 0 Å². The second kappa shape index (κ2) is 7.01. The summed E-state index contributed by atoms with van der Waals surface area (Å²) in [6.07, 6.45) is 18.1. The summed E-state index contributed by atoms with van der Waals surface area (Å²) in [7, 11) is 0. The van der Waals surface area contributed by atoms with E-state index < -0.39 is 0 Å². The second-order valence-corrected chi connectivity index (χ2v) is 15.2. The highest BCUT2D eigenvalue weighted by Gasteiger charge is 2.70. The van der Waals surface area contributed by atoms with E-state index in [0.717, 1.165) is 35.5 Å². The monoisotopic (exact) mass is 426 g/mol. The fraction of sp³-hybridized carbons (Fsp3) is 1.00. The highest BCUT2D eigenvalue weighted by atomic mass is 14.7. The summed E-state index contributed by atoms with van der Waals surface area (Å²) in [5.41, 5.74) is 2.91. The second-order valence-electron chi connectivity index (χ2n) is 15.2. The molecule has 0 aromatic rings. The van der Waals surface area contributed by atoms with Crippen LogP contribution in [0.1, 0.15) is 132 Å². The van der Waals surface area contributed by atoms with E-state index in [2.05, 4.69) is 55.4 Å². The molecule has 5 aliphatic carbocycles. The summed E-state index contributed by atoms with van der Waals surface area (Å²) in [5.74, 6) is 5.86. The van der Waals surface area contributed by atoms with Crippen molar-refractivity contribution in [3.05, 3.63) is 0 Å². The van der Waals surface area contributed by atoms with Gasteiger partial charge in [-0.15, -0.1) is 0 Å². The fourth-order valence-corrected chi connectivity index (χ4v) is 12.3. The zero-order chi connectivity index (χ0) is 22.4. The first kappa shape index (κ1) is 22.8. The Morgan fingerprint density at radius 2 is 1.26 bits per heavy atom. The van der Waals surface area contributed by atoms with Gasteiger partial charge in [-0.25, -0.2) is 0 Å². The Kier molecular flexibility index (Phi) is 5.15. The lowest BCUT2D eigenvalue weighted by atomic mass is 9.32. The van der Waals surface area contributed by atoms with Crippen molar-refractivity contribution in [2.75, 3.05) is 0 Å². The van der Waals surface area contributed by atoms with E-state index in [9.17, 15) is 0 Å². The molecular formula is C31H54. The lowest BCUT2D eigenvalue weighted by molar-refractivity contribution is -0.241. The number of fused-ring (bicyclic) bond motifs is 7. The molecule has 0 N–H and O–H groups in total. The van der Waals surface area contributed by atoms with Gasteiger partial charge in [0.05, 0.1) is 0 Å². The molecule has 0 aromatic heterocycles. The molecule has 0 bridgehead atoms. The van der Waals surface area contributed by atoms with Gasteiger partial charge >= 0.3 is 0 Å². The van der Waals surface area contributed by atoms with Gasteiger partial charge in [-0.3, -0.25) is 0 Å². The van der Waals surface area contributed by atoms with Crippen LogP contribution >= 0.6 is 0 Å². The van der Waals surface area contributed by atoms with Crippen molar-refractivity contribution in [3.8, 4) is 0 Å². The van der Waals surface area contributed by atoms with Crippen molar-refractivity contribution in [1.82, 2.24) is 0 Å². The Morgan fingerprint density at radius 3 is 1.90 bits per heavy atom. The Labute approximate surface area is 195 Å². The maximum Gasteiger partial charge on any atom is -0.0235 e. The summed E-state index contributed by atoms with van der Waals surface area (Å²) in [6, 6.07) is 0. The predicted octanol–water partition coefficient (Wildman–Crippen LogP) is 9.52. The van der Waals surface area contributed by atoms with Crippen LogP contribution in [0.25, 0.3) is 0 Å². The van der Waals surface area contributed by atoms with Crippen molar-refractivity contribution >= 4 is 0 Å². The van der Waals surface area contributed by atoms with E-state index in [4.69, 9.17) is 0 Å². The fourth-order valence-electron chi connectivity index (χ4n) is 12.3. The molecule has 0 unspecified atom stereocenters. The Morgan fingerprint density at radius 1 is 0.645 bits per heavy atom. The van der Waals surface area contributed by atoms with Crippen LogP contribution in [0.3, 0.4) is 0 Å². The molecule has 0 aromatic carbocycles. The number of hydrogen-bond donors (Lipinski definition) is 0. The first-order valence-corrected chi connectivity index (χ1v) is 14.4. The van der Waals surface area contributed by atoms with Gasteiger partial charge < -0.3 is 0 Å². The summed E-state index contributed by atoms with van der Waals surface area (Å²) < 4.78 is 0. The molecule has 5 rings (SSSR count). The maximum absolute atomic E-state index is 2.82. The minimum absolute atomic E-state index is 0.560. The first-order valence-electron chi connectivity index (χ1n) is 14.4. The molecule has 0 radical (unpaired) electrons. The molecule has 10 atom stereocenters. The van der Waals surface area contributed by atoms with E-state index in [1.807, 2.05) is 0 Å². The highest BCUT2D eigenvalue weighted by molar-refractivity contribution is 5.19. The first-order chi connectivity index (χ1) is 14.4. The molecule has 5 saturated carbocycles. The van der Waals surface area contributed by atoms with Gasteiger partial charge in [-0.1, -0.05) is 68.2 Å². The van der Waals surface area contributed by atoms with Crippen LogP contribution < -0.4 is 0 Å². The normalized spacial score (nSPS) is 56.7. The molecule has 31 heavy (non-hydrogen) atoms. The third-order valence-electron chi connectivity index (χ3n) is 14.1. The van der Waals surface area contributed by atoms with E-state index in [0.29, 0.717) is 27.1 Å². The summed E-state index contributed by atoms with van der Waals surface area (Å²) in [6.45, 7) is 21.4. The third kappa shape index (κ3) is 2.78. The largest absolute Gasteiger partial charge is 0.0651 e. The van der Waals surface area contributed by atoms with Crippen LogP contribution in [-0.2, 0) is 0 Å². The lowest BCUT2D eigenvalue weighted by Gasteiger charge is -2.73. The lowest BCUT2D eigenvalue weighted by Crippen LogP contribution is -2.65. The molecule has 0 spiro atoms. The van der Waals surface area contributed by atoms with Gasteiger partial charge in [0, 0.05) is 0 Å². The molecule has 178 valence electrons. The molecular weight excluding hydrogens is 372 g/mol.